The van der Waals surface area contributed by atoms with Crippen LogP contribution in [0, 0.1) is 20.8 Å². The molecule has 2 heterocycles. The second-order valence-electron chi connectivity index (χ2n) is 9.69. The molecule has 0 N–H and O–H groups in total. The second kappa shape index (κ2) is 10.5. The summed E-state index contributed by atoms with van der Waals surface area (Å²) in [5.74, 6) is 1.03. The van der Waals surface area contributed by atoms with E-state index in [0.717, 1.165) is 67.8 Å². The van der Waals surface area contributed by atoms with Gasteiger partial charge in [-0.25, -0.2) is 4.98 Å². The zero-order valence-electron chi connectivity index (χ0n) is 20.6. The Morgan fingerprint density at radius 3 is 2.52 bits per heavy atom. The SMILES string of the molecule is Cc1c(Cl)cccc1N1CCN(CCCN(C)C(=O)c2nc(C)n(C3CCCC3)c2C)CC1. The normalized spacial score (nSPS) is 17.7. The van der Waals surface area contributed by atoms with Crippen molar-refractivity contribution in [3.63, 3.8) is 0 Å². The third kappa shape index (κ3) is 5.22. The molecule has 1 aromatic carbocycles. The van der Waals surface area contributed by atoms with Gasteiger partial charge in [0.25, 0.3) is 5.91 Å². The van der Waals surface area contributed by atoms with Gasteiger partial charge in [0, 0.05) is 62.2 Å². The molecule has 4 rings (SSSR count). The molecule has 0 radical (unpaired) electrons. The molecule has 2 fully saturated rings. The number of carbonyl (C=O) groups is 1. The van der Waals surface area contributed by atoms with Gasteiger partial charge in [0.05, 0.1) is 0 Å². The molecule has 180 valence electrons. The summed E-state index contributed by atoms with van der Waals surface area (Å²) in [5, 5.41) is 0.834. The van der Waals surface area contributed by atoms with Crippen LogP contribution in [0.25, 0.3) is 0 Å². The molecule has 0 atom stereocenters. The highest BCUT2D eigenvalue weighted by Gasteiger charge is 2.26. The maximum atomic E-state index is 13.1. The number of imidazole rings is 1. The van der Waals surface area contributed by atoms with E-state index in [9.17, 15) is 4.79 Å². The Hall–Kier alpha value is -2.05. The number of benzene rings is 1. The molecule has 0 spiro atoms. The number of aromatic nitrogens is 2. The van der Waals surface area contributed by atoms with Crippen LogP contribution in [0.2, 0.25) is 5.02 Å². The minimum atomic E-state index is 0.0496. The maximum Gasteiger partial charge on any atom is 0.274 e. The van der Waals surface area contributed by atoms with Crippen molar-refractivity contribution in [1.82, 2.24) is 19.4 Å². The molecule has 0 unspecified atom stereocenters. The minimum absolute atomic E-state index is 0.0496. The standard InChI is InChI=1S/C26H38ClN5O/c1-19-23(27)11-7-12-24(19)31-17-15-30(16-18-31)14-8-13-29(4)26(33)25-20(2)32(21(3)28-25)22-9-5-6-10-22/h7,11-12,22H,5-6,8-10,13-18H2,1-4H3. The van der Waals surface area contributed by atoms with Gasteiger partial charge in [0.1, 0.15) is 11.5 Å². The molecule has 1 aliphatic carbocycles. The van der Waals surface area contributed by atoms with Crippen LogP contribution < -0.4 is 4.90 Å². The largest absolute Gasteiger partial charge is 0.369 e. The van der Waals surface area contributed by atoms with Crippen molar-refractivity contribution in [3.05, 3.63) is 46.0 Å². The van der Waals surface area contributed by atoms with E-state index < -0.39 is 0 Å². The number of hydrogen-bond acceptors (Lipinski definition) is 4. The average molecular weight is 472 g/mol. The Balaban J connectivity index is 1.25. The van der Waals surface area contributed by atoms with E-state index in [1.54, 1.807) is 0 Å². The maximum absolute atomic E-state index is 13.1. The van der Waals surface area contributed by atoms with Gasteiger partial charge in [0.15, 0.2) is 0 Å². The van der Waals surface area contributed by atoms with Crippen molar-refractivity contribution in [1.29, 1.82) is 0 Å². The minimum Gasteiger partial charge on any atom is -0.369 e. The number of nitrogens with zero attached hydrogens (tertiary/aromatic N) is 5. The number of aryl methyl sites for hydroxylation is 1. The summed E-state index contributed by atoms with van der Waals surface area (Å²) in [7, 11) is 1.91. The van der Waals surface area contributed by atoms with Crippen LogP contribution in [0.15, 0.2) is 18.2 Å². The van der Waals surface area contributed by atoms with Gasteiger partial charge in [-0.15, -0.1) is 0 Å². The van der Waals surface area contributed by atoms with Crippen LogP contribution in [-0.2, 0) is 0 Å². The van der Waals surface area contributed by atoms with E-state index in [1.807, 2.05) is 31.0 Å². The highest BCUT2D eigenvalue weighted by Crippen LogP contribution is 2.32. The quantitative estimate of drug-likeness (QED) is 0.578. The van der Waals surface area contributed by atoms with E-state index in [-0.39, 0.29) is 5.91 Å². The summed E-state index contributed by atoms with van der Waals surface area (Å²) < 4.78 is 2.30. The molecule has 0 bridgehead atoms. The van der Waals surface area contributed by atoms with Gasteiger partial charge in [-0.2, -0.15) is 0 Å². The first kappa shape index (κ1) is 24.1. The number of amides is 1. The van der Waals surface area contributed by atoms with Crippen molar-refractivity contribution >= 4 is 23.2 Å². The number of carbonyl (C=O) groups excluding carboxylic acids is 1. The van der Waals surface area contributed by atoms with Crippen LogP contribution >= 0.6 is 11.6 Å². The fourth-order valence-corrected chi connectivity index (χ4v) is 5.69. The van der Waals surface area contributed by atoms with Crippen LogP contribution in [0.4, 0.5) is 5.69 Å². The number of anilines is 1. The molecular weight excluding hydrogens is 434 g/mol. The van der Waals surface area contributed by atoms with Gasteiger partial charge < -0.3 is 14.4 Å². The van der Waals surface area contributed by atoms with Crippen LogP contribution in [0.5, 0.6) is 0 Å². The highest BCUT2D eigenvalue weighted by atomic mass is 35.5. The average Bonchev–Trinajstić information content (AvgIpc) is 3.43. The molecule has 33 heavy (non-hydrogen) atoms. The predicted octanol–water partition coefficient (Wildman–Crippen LogP) is 4.86. The Bertz CT molecular complexity index is 973. The molecule has 2 aromatic rings. The monoisotopic (exact) mass is 471 g/mol. The summed E-state index contributed by atoms with van der Waals surface area (Å²) in [6.45, 7) is 12.0. The summed E-state index contributed by atoms with van der Waals surface area (Å²) in [6, 6.07) is 6.66. The molecular formula is C26H38ClN5O. The number of rotatable bonds is 7. The Morgan fingerprint density at radius 2 is 1.82 bits per heavy atom. The topological polar surface area (TPSA) is 44.6 Å². The van der Waals surface area contributed by atoms with Gasteiger partial charge in [0.2, 0.25) is 0 Å². The lowest BCUT2D eigenvalue weighted by molar-refractivity contribution is 0.0781. The lowest BCUT2D eigenvalue weighted by Crippen LogP contribution is -2.47. The molecule has 1 saturated carbocycles. The Labute approximate surface area is 203 Å². The van der Waals surface area contributed by atoms with Gasteiger partial charge in [-0.05, 0) is 64.3 Å². The summed E-state index contributed by atoms with van der Waals surface area (Å²) in [5.41, 5.74) is 4.07. The van der Waals surface area contributed by atoms with Crippen molar-refractivity contribution in [3.8, 4) is 0 Å². The van der Waals surface area contributed by atoms with E-state index >= 15 is 0 Å². The van der Waals surface area contributed by atoms with Crippen molar-refractivity contribution < 1.29 is 4.79 Å². The van der Waals surface area contributed by atoms with E-state index in [0.29, 0.717) is 11.7 Å². The zero-order chi connectivity index (χ0) is 23.5. The van der Waals surface area contributed by atoms with Crippen LogP contribution in [0.1, 0.15) is 65.7 Å². The smallest absolute Gasteiger partial charge is 0.274 e. The number of piperazine rings is 1. The molecule has 1 aliphatic heterocycles. The fraction of sp³-hybridized carbons (Fsp3) is 0.615. The van der Waals surface area contributed by atoms with Crippen molar-refractivity contribution in [2.24, 2.45) is 0 Å². The van der Waals surface area contributed by atoms with Crippen LogP contribution in [-0.4, -0.2) is 71.6 Å². The molecule has 7 heteroatoms. The van der Waals surface area contributed by atoms with Gasteiger partial charge in [-0.3, -0.25) is 9.69 Å². The summed E-state index contributed by atoms with van der Waals surface area (Å²) in [4.78, 5) is 24.6. The molecule has 6 nitrogen and oxygen atoms in total. The first-order valence-electron chi connectivity index (χ1n) is 12.4. The van der Waals surface area contributed by atoms with E-state index in [4.69, 9.17) is 11.6 Å². The van der Waals surface area contributed by atoms with E-state index in [1.165, 1.54) is 31.4 Å². The van der Waals surface area contributed by atoms with Gasteiger partial charge in [-0.1, -0.05) is 30.5 Å². The van der Waals surface area contributed by atoms with Crippen molar-refractivity contribution in [2.75, 3.05) is 51.2 Å². The number of halogens is 1. The molecule has 2 aliphatic rings. The highest BCUT2D eigenvalue weighted by molar-refractivity contribution is 6.31. The predicted molar refractivity (Wildman–Crippen MR) is 136 cm³/mol. The second-order valence-corrected chi connectivity index (χ2v) is 10.1. The Morgan fingerprint density at radius 1 is 1.12 bits per heavy atom. The summed E-state index contributed by atoms with van der Waals surface area (Å²) >= 11 is 6.31. The molecule has 1 saturated heterocycles. The van der Waals surface area contributed by atoms with Crippen LogP contribution in [0.3, 0.4) is 0 Å². The van der Waals surface area contributed by atoms with Crippen molar-refractivity contribution in [2.45, 2.75) is 58.9 Å². The third-order valence-corrected chi connectivity index (χ3v) is 7.89. The lowest BCUT2D eigenvalue weighted by atomic mass is 10.1. The molecule has 1 amide bonds. The summed E-state index contributed by atoms with van der Waals surface area (Å²) in [6.07, 6.45) is 5.92. The fourth-order valence-electron chi connectivity index (χ4n) is 5.52. The lowest BCUT2D eigenvalue weighted by Gasteiger charge is -2.37. The number of hydrogen-bond donors (Lipinski definition) is 0. The van der Waals surface area contributed by atoms with Gasteiger partial charge >= 0.3 is 0 Å². The zero-order valence-corrected chi connectivity index (χ0v) is 21.4. The van der Waals surface area contributed by atoms with E-state index in [2.05, 4.69) is 39.3 Å². The Kier molecular flexibility index (Phi) is 7.65. The molecule has 1 aromatic heterocycles. The first-order chi connectivity index (χ1) is 15.9. The third-order valence-electron chi connectivity index (χ3n) is 7.49. The first-order valence-corrected chi connectivity index (χ1v) is 12.8.